The third kappa shape index (κ3) is 8.06. The average Bonchev–Trinajstić information content (AvgIpc) is 2.94. The number of rotatable bonds is 12. The number of piperidine rings is 1. The van der Waals surface area contributed by atoms with Gasteiger partial charge < -0.3 is 19.8 Å². The number of hydrogen-bond acceptors (Lipinski definition) is 6. The van der Waals surface area contributed by atoms with Gasteiger partial charge in [0.1, 0.15) is 5.75 Å². The second kappa shape index (κ2) is 13.6. The molecular weight excluding hydrogens is 577 g/mol. The zero-order valence-corrected chi connectivity index (χ0v) is 24.4. The van der Waals surface area contributed by atoms with Crippen molar-refractivity contribution >= 4 is 40.2 Å². The van der Waals surface area contributed by atoms with Crippen molar-refractivity contribution in [3.05, 3.63) is 64.8 Å². The molecule has 3 aromatic rings. The Balaban J connectivity index is 1.34. The van der Waals surface area contributed by atoms with Crippen LogP contribution in [0.5, 0.6) is 5.75 Å². The number of aliphatic hydroxyl groups is 1. The molecule has 2 N–H and O–H groups in total. The first-order chi connectivity index (χ1) is 19.5. The number of aromatic nitrogens is 1. The molecule has 0 bridgehead atoms. The minimum atomic E-state index is -4.37. The third-order valence-electron chi connectivity index (χ3n) is 7.86. The third-order valence-corrected chi connectivity index (χ3v) is 9.32. The Morgan fingerprint density at radius 2 is 1.95 bits per heavy atom. The maximum Gasteiger partial charge on any atom is 0.417 e. The molecule has 4 rings (SSSR count). The SMILES string of the molecule is COc1ccc2ncc(Cl)c(C(O)CCC3(CC(=O)O)CCN(CCCSc4ccccc4C(F)(F)F)CC3)c2c1. The zero-order chi connectivity index (χ0) is 29.6. The molecule has 11 heteroatoms. The molecular formula is C30H34ClF3N2O4S. The summed E-state index contributed by atoms with van der Waals surface area (Å²) >= 11 is 7.67. The molecule has 2 aromatic carbocycles. The molecule has 6 nitrogen and oxygen atoms in total. The van der Waals surface area contributed by atoms with Crippen molar-refractivity contribution in [2.75, 3.05) is 32.5 Å². The zero-order valence-electron chi connectivity index (χ0n) is 22.8. The van der Waals surface area contributed by atoms with Crippen LogP contribution in [0.3, 0.4) is 0 Å². The molecule has 0 saturated carbocycles. The van der Waals surface area contributed by atoms with Gasteiger partial charge in [0.2, 0.25) is 0 Å². The minimum Gasteiger partial charge on any atom is -0.497 e. The molecule has 0 spiro atoms. The van der Waals surface area contributed by atoms with Crippen molar-refractivity contribution in [1.29, 1.82) is 0 Å². The van der Waals surface area contributed by atoms with Crippen LogP contribution in [-0.4, -0.2) is 58.6 Å². The molecule has 1 aliphatic heterocycles. The van der Waals surface area contributed by atoms with Crippen LogP contribution in [0, 0.1) is 5.41 Å². The van der Waals surface area contributed by atoms with Gasteiger partial charge in [-0.05, 0) is 93.2 Å². The normalized spacial score (nSPS) is 16.5. The van der Waals surface area contributed by atoms with E-state index in [4.69, 9.17) is 16.3 Å². The van der Waals surface area contributed by atoms with Gasteiger partial charge in [0.25, 0.3) is 0 Å². The molecule has 1 unspecified atom stereocenters. The number of ether oxygens (including phenoxy) is 1. The van der Waals surface area contributed by atoms with E-state index in [-0.39, 0.29) is 11.3 Å². The number of carboxylic acid groups (broad SMARTS) is 1. The number of aliphatic carboxylic acids is 1. The fourth-order valence-electron chi connectivity index (χ4n) is 5.60. The fourth-order valence-corrected chi connectivity index (χ4v) is 6.89. The van der Waals surface area contributed by atoms with Crippen molar-refractivity contribution in [1.82, 2.24) is 9.88 Å². The summed E-state index contributed by atoms with van der Waals surface area (Å²) in [5, 5.41) is 21.9. The molecule has 1 aliphatic rings. The van der Waals surface area contributed by atoms with Gasteiger partial charge in [-0.15, -0.1) is 11.8 Å². The van der Waals surface area contributed by atoms with E-state index in [0.717, 1.165) is 19.0 Å². The van der Waals surface area contributed by atoms with Crippen LogP contribution in [0.25, 0.3) is 10.9 Å². The molecule has 0 radical (unpaired) electrons. The molecule has 1 fully saturated rings. The van der Waals surface area contributed by atoms with Crippen molar-refractivity contribution in [3.8, 4) is 5.75 Å². The van der Waals surface area contributed by atoms with E-state index in [9.17, 15) is 28.2 Å². The molecule has 1 aromatic heterocycles. The number of alkyl halides is 3. The first-order valence-electron chi connectivity index (χ1n) is 13.5. The summed E-state index contributed by atoms with van der Waals surface area (Å²) in [6, 6.07) is 11.0. The maximum atomic E-state index is 13.2. The van der Waals surface area contributed by atoms with Gasteiger partial charge >= 0.3 is 12.1 Å². The number of hydrogen-bond donors (Lipinski definition) is 2. The standard InChI is InChI=1S/C30H34ClF3N2O4S/c1-40-20-7-8-24-21(17-20)28(23(31)19-35-24)25(37)9-10-29(18-27(38)39)11-14-36(15-12-29)13-4-16-41-26-6-3-2-5-22(26)30(32,33)34/h2-3,5-8,17,19,25,37H,4,9-16,18H2,1H3,(H,38,39). The van der Waals surface area contributed by atoms with Gasteiger partial charge in [0.15, 0.2) is 0 Å². The summed E-state index contributed by atoms with van der Waals surface area (Å²) in [7, 11) is 1.56. The molecule has 1 saturated heterocycles. The Labute approximate surface area is 246 Å². The summed E-state index contributed by atoms with van der Waals surface area (Å²) in [6.45, 7) is 2.13. The lowest BCUT2D eigenvalue weighted by atomic mass is 9.71. The topological polar surface area (TPSA) is 82.9 Å². The Hall–Kier alpha value is -2.53. The number of fused-ring (bicyclic) bond motifs is 1. The van der Waals surface area contributed by atoms with Crippen LogP contribution < -0.4 is 4.74 Å². The van der Waals surface area contributed by atoms with Crippen LogP contribution in [0.4, 0.5) is 13.2 Å². The molecule has 0 amide bonds. The number of nitrogens with zero attached hydrogens (tertiary/aromatic N) is 2. The second-order valence-electron chi connectivity index (χ2n) is 10.6. The summed E-state index contributed by atoms with van der Waals surface area (Å²) in [4.78, 5) is 18.6. The van der Waals surface area contributed by atoms with Crippen molar-refractivity contribution in [2.24, 2.45) is 5.41 Å². The van der Waals surface area contributed by atoms with Gasteiger partial charge in [-0.2, -0.15) is 13.2 Å². The van der Waals surface area contributed by atoms with Gasteiger partial charge in [-0.3, -0.25) is 9.78 Å². The van der Waals surface area contributed by atoms with Crippen LogP contribution in [0.15, 0.2) is 53.6 Å². The van der Waals surface area contributed by atoms with E-state index in [1.807, 2.05) is 0 Å². The number of pyridine rings is 1. The number of carboxylic acids is 1. The van der Waals surface area contributed by atoms with Gasteiger partial charge in [-0.25, -0.2) is 0 Å². The number of benzene rings is 2. The smallest absolute Gasteiger partial charge is 0.417 e. The van der Waals surface area contributed by atoms with Crippen molar-refractivity contribution in [2.45, 2.75) is 55.7 Å². The molecule has 1 atom stereocenters. The van der Waals surface area contributed by atoms with Crippen molar-refractivity contribution in [3.63, 3.8) is 0 Å². The largest absolute Gasteiger partial charge is 0.497 e. The maximum absolute atomic E-state index is 13.2. The number of methoxy groups -OCH3 is 1. The first kappa shape index (κ1) is 31.4. The molecule has 41 heavy (non-hydrogen) atoms. The summed E-state index contributed by atoms with van der Waals surface area (Å²) < 4.78 is 45.1. The van der Waals surface area contributed by atoms with Gasteiger partial charge in [-0.1, -0.05) is 23.7 Å². The highest BCUT2D eigenvalue weighted by molar-refractivity contribution is 7.99. The van der Waals surface area contributed by atoms with Crippen molar-refractivity contribution < 1.29 is 32.9 Å². The Morgan fingerprint density at radius 1 is 1.22 bits per heavy atom. The summed E-state index contributed by atoms with van der Waals surface area (Å²) in [5.74, 6) is 0.305. The quantitative estimate of drug-likeness (QED) is 0.163. The lowest BCUT2D eigenvalue weighted by molar-refractivity contribution is -0.141. The number of halogens is 4. The van der Waals surface area contributed by atoms with E-state index in [1.54, 1.807) is 31.4 Å². The highest BCUT2D eigenvalue weighted by atomic mass is 35.5. The molecule has 222 valence electrons. The average molecular weight is 611 g/mol. The predicted octanol–water partition coefficient (Wildman–Crippen LogP) is 7.47. The number of aliphatic hydroxyl groups excluding tert-OH is 1. The van der Waals surface area contributed by atoms with E-state index >= 15 is 0 Å². The number of likely N-dealkylation sites (tertiary alicyclic amines) is 1. The van der Waals surface area contributed by atoms with Crippen LogP contribution in [-0.2, 0) is 11.0 Å². The summed E-state index contributed by atoms with van der Waals surface area (Å²) in [5.41, 5.74) is 0.168. The Morgan fingerprint density at radius 3 is 2.63 bits per heavy atom. The van der Waals surface area contributed by atoms with Gasteiger partial charge in [0.05, 0.1) is 35.7 Å². The fraction of sp³-hybridized carbons (Fsp3) is 0.467. The Bertz CT molecular complexity index is 1350. The number of carbonyl (C=O) groups is 1. The van der Waals surface area contributed by atoms with E-state index in [0.29, 0.717) is 71.8 Å². The monoisotopic (exact) mass is 610 g/mol. The molecule has 0 aliphatic carbocycles. The molecule has 2 heterocycles. The summed E-state index contributed by atoms with van der Waals surface area (Å²) in [6.07, 6.45) is -0.847. The Kier molecular flexibility index (Phi) is 10.4. The van der Waals surface area contributed by atoms with E-state index < -0.39 is 29.2 Å². The van der Waals surface area contributed by atoms with Crippen LogP contribution in [0.1, 0.15) is 55.8 Å². The number of thioether (sulfide) groups is 1. The lowest BCUT2D eigenvalue weighted by Gasteiger charge is -2.41. The second-order valence-corrected chi connectivity index (χ2v) is 12.1. The lowest BCUT2D eigenvalue weighted by Crippen LogP contribution is -2.41. The van der Waals surface area contributed by atoms with E-state index in [2.05, 4.69) is 9.88 Å². The predicted molar refractivity (Wildman–Crippen MR) is 155 cm³/mol. The van der Waals surface area contributed by atoms with Crippen LogP contribution in [0.2, 0.25) is 5.02 Å². The van der Waals surface area contributed by atoms with Gasteiger partial charge in [0, 0.05) is 22.0 Å². The minimum absolute atomic E-state index is 0.0102. The highest BCUT2D eigenvalue weighted by Gasteiger charge is 2.37. The van der Waals surface area contributed by atoms with E-state index in [1.165, 1.54) is 30.1 Å². The first-order valence-corrected chi connectivity index (χ1v) is 14.9. The van der Waals surface area contributed by atoms with Crippen LogP contribution >= 0.6 is 23.4 Å². The highest BCUT2D eigenvalue weighted by Crippen LogP contribution is 2.43.